The topological polar surface area (TPSA) is 81.1 Å². The number of quaternary nitrogens is 1. The van der Waals surface area contributed by atoms with Crippen molar-refractivity contribution in [3.63, 3.8) is 0 Å². The van der Waals surface area contributed by atoms with Crippen molar-refractivity contribution in [2.75, 3.05) is 44.0 Å². The van der Waals surface area contributed by atoms with Crippen molar-refractivity contribution in [2.45, 2.75) is 6.42 Å². The molecule has 0 spiro atoms. The Morgan fingerprint density at radius 1 is 1.00 bits per heavy atom. The number of hydrogen-bond donors (Lipinski definition) is 3. The Bertz CT molecular complexity index is 859. The molecule has 0 radical (unpaired) electrons. The van der Waals surface area contributed by atoms with E-state index in [4.69, 9.17) is 21.1 Å². The van der Waals surface area contributed by atoms with E-state index in [1.165, 1.54) is 0 Å². The lowest BCUT2D eigenvalue weighted by molar-refractivity contribution is -0.862. The molecule has 0 aromatic heterocycles. The summed E-state index contributed by atoms with van der Waals surface area (Å²) in [5.74, 6) is 0.885. The van der Waals surface area contributed by atoms with Crippen LogP contribution in [0.4, 0.5) is 11.4 Å². The smallest absolute Gasteiger partial charge is 0.279 e. The molecule has 1 aliphatic heterocycles. The van der Waals surface area contributed by atoms with Crippen LogP contribution in [0.5, 0.6) is 11.5 Å². The van der Waals surface area contributed by atoms with Crippen LogP contribution in [0.25, 0.3) is 0 Å². The van der Waals surface area contributed by atoms with Gasteiger partial charge in [0.2, 0.25) is 0 Å². The summed E-state index contributed by atoms with van der Waals surface area (Å²) in [6.07, 6.45) is 0.820. The predicted molar refractivity (Wildman–Crippen MR) is 107 cm³/mol. The third-order valence-electron chi connectivity index (χ3n) is 4.10. The zero-order valence-corrected chi connectivity index (χ0v) is 16.3. The van der Waals surface area contributed by atoms with Crippen LogP contribution in [-0.2, 0) is 9.59 Å². The average molecular weight is 405 g/mol. The van der Waals surface area contributed by atoms with Gasteiger partial charge in [-0.2, -0.15) is 0 Å². The van der Waals surface area contributed by atoms with E-state index in [9.17, 15) is 9.59 Å². The van der Waals surface area contributed by atoms with Crippen LogP contribution in [0.2, 0.25) is 5.02 Å². The number of rotatable bonds is 6. The van der Waals surface area contributed by atoms with Crippen molar-refractivity contribution < 1.29 is 24.0 Å². The molecule has 1 aliphatic rings. The number of ether oxygens (including phenoxy) is 2. The fourth-order valence-electron chi connectivity index (χ4n) is 2.81. The molecule has 2 aromatic rings. The minimum absolute atomic E-state index is 0.139. The molecular formula is C20H23ClN3O4+. The molecule has 3 rings (SSSR count). The van der Waals surface area contributed by atoms with Crippen LogP contribution in [-0.4, -0.2) is 45.2 Å². The highest BCUT2D eigenvalue weighted by atomic mass is 35.5. The molecule has 0 bridgehead atoms. The number of anilines is 2. The molecule has 28 heavy (non-hydrogen) atoms. The van der Waals surface area contributed by atoms with Gasteiger partial charge in [0, 0.05) is 18.2 Å². The summed E-state index contributed by atoms with van der Waals surface area (Å²) >= 11 is 6.04. The van der Waals surface area contributed by atoms with Crippen LogP contribution >= 0.6 is 11.6 Å². The lowest BCUT2D eigenvalue weighted by Gasteiger charge is -2.15. The summed E-state index contributed by atoms with van der Waals surface area (Å²) in [5, 5.41) is 6.05. The molecule has 0 saturated heterocycles. The van der Waals surface area contributed by atoms with Crippen molar-refractivity contribution in [1.29, 1.82) is 0 Å². The fourth-order valence-corrected chi connectivity index (χ4v) is 3.00. The molecule has 2 aromatic carbocycles. The minimum atomic E-state index is -0.214. The maximum Gasteiger partial charge on any atom is 0.279 e. The first-order chi connectivity index (χ1) is 13.5. The van der Waals surface area contributed by atoms with E-state index >= 15 is 0 Å². The van der Waals surface area contributed by atoms with Gasteiger partial charge in [-0.1, -0.05) is 23.7 Å². The zero-order valence-electron chi connectivity index (χ0n) is 15.6. The summed E-state index contributed by atoms with van der Waals surface area (Å²) in [6, 6.07) is 12.3. The zero-order chi connectivity index (χ0) is 19.9. The van der Waals surface area contributed by atoms with Gasteiger partial charge < -0.3 is 25.0 Å². The first-order valence-corrected chi connectivity index (χ1v) is 9.44. The Kier molecular flexibility index (Phi) is 6.73. The number of fused-ring (bicyclic) bond motifs is 1. The average Bonchev–Trinajstić information content (AvgIpc) is 2.88. The number of halogens is 1. The van der Waals surface area contributed by atoms with Gasteiger partial charge in [-0.05, 0) is 24.3 Å². The van der Waals surface area contributed by atoms with Gasteiger partial charge in [0.05, 0.1) is 31.0 Å². The van der Waals surface area contributed by atoms with Crippen molar-refractivity contribution in [2.24, 2.45) is 0 Å². The minimum Gasteiger partial charge on any atom is -0.490 e. The lowest BCUT2D eigenvalue weighted by atomic mass is 10.2. The number of para-hydroxylation sites is 1. The van der Waals surface area contributed by atoms with Gasteiger partial charge >= 0.3 is 0 Å². The van der Waals surface area contributed by atoms with E-state index in [0.29, 0.717) is 41.1 Å². The lowest BCUT2D eigenvalue weighted by Crippen LogP contribution is -3.11. The summed E-state index contributed by atoms with van der Waals surface area (Å²) < 4.78 is 11.2. The van der Waals surface area contributed by atoms with Crippen LogP contribution < -0.4 is 25.0 Å². The molecule has 148 valence electrons. The van der Waals surface area contributed by atoms with E-state index in [1.54, 1.807) is 49.5 Å². The molecule has 3 N–H and O–H groups in total. The van der Waals surface area contributed by atoms with Gasteiger partial charge in [0.15, 0.2) is 24.6 Å². The van der Waals surface area contributed by atoms with E-state index < -0.39 is 0 Å². The predicted octanol–water partition coefficient (Wildman–Crippen LogP) is 1.59. The Hall–Kier alpha value is -2.77. The van der Waals surface area contributed by atoms with Crippen molar-refractivity contribution in [3.05, 3.63) is 47.5 Å². The number of likely N-dealkylation sites (N-methyl/N-ethyl adjacent to an activating group) is 1. The normalized spacial score (nSPS) is 13.9. The maximum absolute atomic E-state index is 12.3. The maximum atomic E-state index is 12.3. The summed E-state index contributed by atoms with van der Waals surface area (Å²) in [4.78, 5) is 25.2. The SMILES string of the molecule is C[NH+](CC(=O)Nc1ccc2c(c1)OCCCO2)CC(=O)Nc1ccccc1Cl. The molecule has 0 saturated carbocycles. The van der Waals surface area contributed by atoms with Crippen molar-refractivity contribution in [3.8, 4) is 11.5 Å². The van der Waals surface area contributed by atoms with Gasteiger partial charge in [-0.15, -0.1) is 0 Å². The second-order valence-electron chi connectivity index (χ2n) is 6.60. The van der Waals surface area contributed by atoms with E-state index in [2.05, 4.69) is 10.6 Å². The monoisotopic (exact) mass is 404 g/mol. The number of carbonyl (C=O) groups is 2. The molecular weight excluding hydrogens is 382 g/mol. The standard InChI is InChI=1S/C20H22ClN3O4/c1-24(13-20(26)23-16-6-3-2-5-15(16)21)12-19(25)22-14-7-8-17-18(11-14)28-10-4-9-27-17/h2-3,5-8,11H,4,9-10,12-13H2,1H3,(H,22,25)(H,23,26)/p+1. The second-order valence-corrected chi connectivity index (χ2v) is 7.01. The highest BCUT2D eigenvalue weighted by Crippen LogP contribution is 2.32. The summed E-state index contributed by atoms with van der Waals surface area (Å²) in [7, 11) is 1.78. The van der Waals surface area contributed by atoms with Crippen molar-refractivity contribution >= 4 is 34.8 Å². The number of carbonyl (C=O) groups excluding carboxylic acids is 2. The van der Waals surface area contributed by atoms with Crippen LogP contribution in [0, 0.1) is 0 Å². The molecule has 1 atom stereocenters. The number of benzene rings is 2. The Labute approximate surface area is 168 Å². The largest absolute Gasteiger partial charge is 0.490 e. The van der Waals surface area contributed by atoms with Gasteiger partial charge in [-0.25, -0.2) is 0 Å². The molecule has 0 fully saturated rings. The molecule has 2 amide bonds. The summed E-state index contributed by atoms with van der Waals surface area (Å²) in [6.45, 7) is 1.48. The van der Waals surface area contributed by atoms with Gasteiger partial charge in [-0.3, -0.25) is 9.59 Å². The molecule has 7 nitrogen and oxygen atoms in total. The number of nitrogens with one attached hydrogen (secondary N) is 3. The summed E-state index contributed by atoms with van der Waals surface area (Å²) in [5.41, 5.74) is 1.18. The molecule has 1 unspecified atom stereocenters. The highest BCUT2D eigenvalue weighted by molar-refractivity contribution is 6.33. The van der Waals surface area contributed by atoms with E-state index in [-0.39, 0.29) is 24.9 Å². The van der Waals surface area contributed by atoms with E-state index in [1.807, 2.05) is 0 Å². The Morgan fingerprint density at radius 2 is 1.68 bits per heavy atom. The quantitative estimate of drug-likeness (QED) is 0.683. The first-order valence-electron chi connectivity index (χ1n) is 9.06. The van der Waals surface area contributed by atoms with Crippen molar-refractivity contribution in [1.82, 2.24) is 0 Å². The third kappa shape index (κ3) is 5.61. The Balaban J connectivity index is 1.49. The highest BCUT2D eigenvalue weighted by Gasteiger charge is 2.16. The molecule has 8 heteroatoms. The fraction of sp³-hybridized carbons (Fsp3) is 0.300. The second kappa shape index (κ2) is 9.43. The number of hydrogen-bond acceptors (Lipinski definition) is 4. The Morgan fingerprint density at radius 3 is 2.43 bits per heavy atom. The number of amides is 2. The van der Waals surface area contributed by atoms with Crippen LogP contribution in [0.15, 0.2) is 42.5 Å². The third-order valence-corrected chi connectivity index (χ3v) is 4.43. The van der Waals surface area contributed by atoms with Gasteiger partial charge in [0.25, 0.3) is 11.8 Å². The molecule has 1 heterocycles. The van der Waals surface area contributed by atoms with Crippen LogP contribution in [0.3, 0.4) is 0 Å². The van der Waals surface area contributed by atoms with E-state index in [0.717, 1.165) is 11.3 Å². The first kappa shape index (κ1) is 20.0. The van der Waals surface area contributed by atoms with Gasteiger partial charge in [0.1, 0.15) is 0 Å². The molecule has 0 aliphatic carbocycles. The van der Waals surface area contributed by atoms with Crippen LogP contribution in [0.1, 0.15) is 6.42 Å².